The van der Waals surface area contributed by atoms with E-state index < -0.39 is 5.54 Å². The van der Waals surface area contributed by atoms with Gasteiger partial charge in [0.15, 0.2) is 0 Å². The van der Waals surface area contributed by atoms with E-state index >= 15 is 0 Å². The Morgan fingerprint density at radius 3 is 2.29 bits per heavy atom. The van der Waals surface area contributed by atoms with Crippen LogP contribution < -0.4 is 11.3 Å². The van der Waals surface area contributed by atoms with Crippen molar-refractivity contribution in [3.8, 4) is 11.3 Å². The van der Waals surface area contributed by atoms with E-state index in [1.54, 1.807) is 4.57 Å². The van der Waals surface area contributed by atoms with Gasteiger partial charge in [-0.1, -0.05) is 12.1 Å². The quantitative estimate of drug-likeness (QED) is 0.939. The van der Waals surface area contributed by atoms with Crippen molar-refractivity contribution in [2.45, 2.75) is 46.7 Å². The molecule has 0 aliphatic carbocycles. The molecule has 1 aromatic carbocycles. The van der Waals surface area contributed by atoms with Crippen LogP contribution in [-0.4, -0.2) is 4.57 Å². The fourth-order valence-corrected chi connectivity index (χ4v) is 2.54. The highest BCUT2D eigenvalue weighted by molar-refractivity contribution is 5.62. The molecule has 0 fully saturated rings. The van der Waals surface area contributed by atoms with Crippen LogP contribution in [0.15, 0.2) is 35.1 Å². The lowest BCUT2D eigenvalue weighted by Crippen LogP contribution is -2.38. The predicted octanol–water partition coefficient (Wildman–Crippen LogP) is 3.35. The summed E-state index contributed by atoms with van der Waals surface area (Å²) in [5, 5.41) is 0. The van der Waals surface area contributed by atoms with Gasteiger partial charge in [-0.05, 0) is 69.5 Å². The van der Waals surface area contributed by atoms with Crippen molar-refractivity contribution in [2.75, 3.05) is 0 Å². The zero-order valence-electron chi connectivity index (χ0n) is 13.5. The maximum Gasteiger partial charge on any atom is 0.256 e. The van der Waals surface area contributed by atoms with Crippen molar-refractivity contribution >= 4 is 0 Å². The third-order valence-corrected chi connectivity index (χ3v) is 3.99. The zero-order chi connectivity index (χ0) is 15.8. The molecule has 21 heavy (non-hydrogen) atoms. The molecular formula is C18H24N2O. The van der Waals surface area contributed by atoms with Crippen LogP contribution in [-0.2, 0) is 12.1 Å². The van der Waals surface area contributed by atoms with Crippen molar-refractivity contribution in [1.29, 1.82) is 0 Å². The van der Waals surface area contributed by atoms with E-state index in [0.29, 0.717) is 12.1 Å². The minimum absolute atomic E-state index is 0.000674. The Kier molecular flexibility index (Phi) is 4.06. The van der Waals surface area contributed by atoms with Gasteiger partial charge in [-0.15, -0.1) is 0 Å². The summed E-state index contributed by atoms with van der Waals surface area (Å²) in [6.07, 6.45) is 0. The first-order valence-electron chi connectivity index (χ1n) is 7.36. The molecule has 2 rings (SSSR count). The summed E-state index contributed by atoms with van der Waals surface area (Å²) in [5.41, 5.74) is 10.6. The molecule has 1 aromatic heterocycles. The fraction of sp³-hybridized carbons (Fsp3) is 0.389. The third kappa shape index (κ3) is 2.93. The summed E-state index contributed by atoms with van der Waals surface area (Å²) in [7, 11) is 0. The van der Waals surface area contributed by atoms with Crippen molar-refractivity contribution < 1.29 is 0 Å². The Labute approximate surface area is 126 Å². The van der Waals surface area contributed by atoms with E-state index in [2.05, 4.69) is 32.0 Å². The van der Waals surface area contributed by atoms with Gasteiger partial charge in [0.25, 0.3) is 5.56 Å². The van der Waals surface area contributed by atoms with Crippen LogP contribution >= 0.6 is 0 Å². The molecule has 0 bridgehead atoms. The number of hydrogen-bond donors (Lipinski definition) is 1. The summed E-state index contributed by atoms with van der Waals surface area (Å²) in [5.74, 6) is 0. The summed E-state index contributed by atoms with van der Waals surface area (Å²) in [6, 6.07) is 10.1. The maximum absolute atomic E-state index is 12.7. The Morgan fingerprint density at radius 1 is 1.10 bits per heavy atom. The Hall–Kier alpha value is -1.87. The van der Waals surface area contributed by atoms with Crippen molar-refractivity contribution in [3.63, 3.8) is 0 Å². The normalized spacial score (nSPS) is 11.7. The van der Waals surface area contributed by atoms with Gasteiger partial charge in [0.1, 0.15) is 0 Å². The topological polar surface area (TPSA) is 48.0 Å². The van der Waals surface area contributed by atoms with Crippen LogP contribution in [0.5, 0.6) is 0 Å². The van der Waals surface area contributed by atoms with Crippen LogP contribution in [0.3, 0.4) is 0 Å². The summed E-state index contributed by atoms with van der Waals surface area (Å²) in [4.78, 5) is 12.7. The lowest BCUT2D eigenvalue weighted by Gasteiger charge is -2.21. The molecule has 0 aliphatic heterocycles. The molecule has 0 saturated carbocycles. The standard InChI is InChI=1S/C18H24N2O/c1-6-20-16(14-8-7-12(2)13(3)11-14)10-9-15(17(20)21)18(4,5)19/h7-11H,6,19H2,1-5H3. The number of hydrogen-bond acceptors (Lipinski definition) is 2. The fourth-order valence-electron chi connectivity index (χ4n) is 2.54. The van der Waals surface area contributed by atoms with Gasteiger partial charge in [-0.2, -0.15) is 0 Å². The number of pyridine rings is 1. The Balaban J connectivity index is 2.68. The predicted molar refractivity (Wildman–Crippen MR) is 88.5 cm³/mol. The molecule has 0 atom stereocenters. The SMILES string of the molecule is CCn1c(-c2ccc(C)c(C)c2)ccc(C(C)(C)N)c1=O. The molecule has 112 valence electrons. The number of nitrogens with zero attached hydrogens (tertiary/aromatic N) is 1. The van der Waals surface area contributed by atoms with Crippen LogP contribution in [0.25, 0.3) is 11.3 Å². The highest BCUT2D eigenvalue weighted by Crippen LogP contribution is 2.23. The van der Waals surface area contributed by atoms with E-state index in [0.717, 1.165) is 11.3 Å². The average Bonchev–Trinajstić information content (AvgIpc) is 2.40. The van der Waals surface area contributed by atoms with Crippen LogP contribution in [0.2, 0.25) is 0 Å². The number of rotatable bonds is 3. The monoisotopic (exact) mass is 284 g/mol. The largest absolute Gasteiger partial charge is 0.322 e. The molecule has 0 radical (unpaired) electrons. The second kappa shape index (κ2) is 5.49. The van der Waals surface area contributed by atoms with Crippen molar-refractivity contribution in [2.24, 2.45) is 5.73 Å². The maximum atomic E-state index is 12.7. The Bertz CT molecular complexity index is 721. The van der Waals surface area contributed by atoms with Crippen LogP contribution in [0.4, 0.5) is 0 Å². The lowest BCUT2D eigenvalue weighted by molar-refractivity contribution is 0.536. The number of nitrogens with two attached hydrogens (primary N) is 1. The molecule has 0 unspecified atom stereocenters. The number of aromatic nitrogens is 1. The molecule has 0 spiro atoms. The third-order valence-electron chi connectivity index (χ3n) is 3.99. The summed E-state index contributed by atoms with van der Waals surface area (Å²) >= 11 is 0. The van der Waals surface area contributed by atoms with Crippen molar-refractivity contribution in [1.82, 2.24) is 4.57 Å². The van der Waals surface area contributed by atoms with Gasteiger partial charge in [-0.25, -0.2) is 0 Å². The van der Waals surface area contributed by atoms with Gasteiger partial charge < -0.3 is 10.3 Å². The van der Waals surface area contributed by atoms with Gasteiger partial charge in [0.05, 0.1) is 5.69 Å². The van der Waals surface area contributed by atoms with Crippen LogP contribution in [0, 0.1) is 13.8 Å². The highest BCUT2D eigenvalue weighted by atomic mass is 16.1. The molecule has 2 N–H and O–H groups in total. The van der Waals surface area contributed by atoms with Gasteiger partial charge in [0, 0.05) is 17.6 Å². The molecule has 1 heterocycles. The molecule has 0 aliphatic rings. The van der Waals surface area contributed by atoms with Crippen molar-refractivity contribution in [3.05, 3.63) is 57.4 Å². The Morgan fingerprint density at radius 2 is 1.76 bits per heavy atom. The summed E-state index contributed by atoms with van der Waals surface area (Å²) in [6.45, 7) is 10.5. The summed E-state index contributed by atoms with van der Waals surface area (Å²) < 4.78 is 1.80. The first-order valence-corrected chi connectivity index (χ1v) is 7.36. The van der Waals surface area contributed by atoms with Crippen LogP contribution in [0.1, 0.15) is 37.5 Å². The second-order valence-corrected chi connectivity index (χ2v) is 6.20. The van der Waals surface area contributed by atoms with E-state index in [1.807, 2.05) is 32.9 Å². The number of benzene rings is 1. The molecule has 2 aromatic rings. The van der Waals surface area contributed by atoms with Gasteiger partial charge >= 0.3 is 0 Å². The highest BCUT2D eigenvalue weighted by Gasteiger charge is 2.20. The van der Waals surface area contributed by atoms with Gasteiger partial charge in [0.2, 0.25) is 0 Å². The number of aryl methyl sites for hydroxylation is 2. The first-order chi connectivity index (χ1) is 9.75. The van der Waals surface area contributed by atoms with E-state index in [9.17, 15) is 4.79 Å². The minimum atomic E-state index is -0.629. The average molecular weight is 284 g/mol. The minimum Gasteiger partial charge on any atom is -0.322 e. The second-order valence-electron chi connectivity index (χ2n) is 6.20. The molecule has 0 amide bonds. The molecule has 3 nitrogen and oxygen atoms in total. The molecule has 0 saturated heterocycles. The first kappa shape index (κ1) is 15.5. The van der Waals surface area contributed by atoms with E-state index in [-0.39, 0.29) is 5.56 Å². The van der Waals surface area contributed by atoms with Gasteiger partial charge in [-0.3, -0.25) is 4.79 Å². The lowest BCUT2D eigenvalue weighted by atomic mass is 9.95. The zero-order valence-corrected chi connectivity index (χ0v) is 13.5. The molecular weight excluding hydrogens is 260 g/mol. The smallest absolute Gasteiger partial charge is 0.256 e. The van der Waals surface area contributed by atoms with E-state index in [1.165, 1.54) is 11.1 Å². The van der Waals surface area contributed by atoms with E-state index in [4.69, 9.17) is 5.73 Å². The molecule has 3 heteroatoms.